The Bertz CT molecular complexity index is 1120. The molecule has 134 valence electrons. The van der Waals surface area contributed by atoms with E-state index in [9.17, 15) is 10.1 Å². The van der Waals surface area contributed by atoms with Crippen molar-refractivity contribution in [2.75, 3.05) is 0 Å². The first kappa shape index (κ1) is 16.8. The summed E-state index contributed by atoms with van der Waals surface area (Å²) in [5.41, 5.74) is 4.98. The van der Waals surface area contributed by atoms with Crippen LogP contribution in [0.25, 0.3) is 22.4 Å². The Morgan fingerprint density at radius 2 is 1.89 bits per heavy atom. The summed E-state index contributed by atoms with van der Waals surface area (Å²) in [5, 5.41) is 10.7. The average molecular weight is 359 g/mol. The molecule has 0 radical (unpaired) electrons. The summed E-state index contributed by atoms with van der Waals surface area (Å²) in [6, 6.07) is 20.2. The lowest BCUT2D eigenvalue weighted by atomic mass is 10.2. The van der Waals surface area contributed by atoms with Gasteiger partial charge in [-0.25, -0.2) is 4.98 Å². The molecule has 4 rings (SSSR count). The number of nitrogens with one attached hydrogen (secondary N) is 1. The van der Waals surface area contributed by atoms with Crippen molar-refractivity contribution in [2.24, 2.45) is 0 Å². The molecule has 27 heavy (non-hydrogen) atoms. The molecule has 0 atom stereocenters. The summed E-state index contributed by atoms with van der Waals surface area (Å²) in [6.45, 7) is 2.38. The minimum Gasteiger partial charge on any atom is -0.489 e. The number of hydrogen-bond acceptors (Lipinski definition) is 4. The molecule has 6 heteroatoms. The van der Waals surface area contributed by atoms with Gasteiger partial charge in [0.15, 0.2) is 0 Å². The first-order valence-electron chi connectivity index (χ1n) is 8.51. The van der Waals surface area contributed by atoms with Gasteiger partial charge >= 0.3 is 0 Å². The second-order valence-corrected chi connectivity index (χ2v) is 6.35. The van der Waals surface area contributed by atoms with Gasteiger partial charge in [0.25, 0.3) is 5.69 Å². The van der Waals surface area contributed by atoms with E-state index in [0.717, 1.165) is 28.0 Å². The van der Waals surface area contributed by atoms with Crippen molar-refractivity contribution in [3.63, 3.8) is 0 Å². The summed E-state index contributed by atoms with van der Waals surface area (Å²) < 4.78 is 5.84. The fourth-order valence-electron chi connectivity index (χ4n) is 2.87. The minimum absolute atomic E-state index is 0.0702. The first-order chi connectivity index (χ1) is 13.1. The molecular formula is C21H17N3O3. The highest BCUT2D eigenvalue weighted by Gasteiger charge is 2.08. The van der Waals surface area contributed by atoms with E-state index >= 15 is 0 Å². The third-order valence-corrected chi connectivity index (χ3v) is 4.30. The Morgan fingerprint density at radius 3 is 2.67 bits per heavy atom. The molecule has 4 aromatic rings. The molecule has 3 aromatic carbocycles. The van der Waals surface area contributed by atoms with Gasteiger partial charge in [0, 0.05) is 17.7 Å². The molecule has 0 aliphatic rings. The van der Waals surface area contributed by atoms with E-state index in [1.807, 2.05) is 43.3 Å². The van der Waals surface area contributed by atoms with E-state index in [1.54, 1.807) is 12.1 Å². The van der Waals surface area contributed by atoms with Crippen LogP contribution in [0.1, 0.15) is 11.1 Å². The third kappa shape index (κ3) is 3.64. The van der Waals surface area contributed by atoms with Crippen LogP contribution in [0.3, 0.4) is 0 Å². The maximum absolute atomic E-state index is 10.7. The SMILES string of the molecule is Cc1ccc2nc(-c3cccc(OCc4ccc([N+](=O)[O-])cc4)c3)[nH]c2c1. The van der Waals surface area contributed by atoms with E-state index in [1.165, 1.54) is 17.7 Å². The topological polar surface area (TPSA) is 81.1 Å². The molecule has 1 aromatic heterocycles. The van der Waals surface area contributed by atoms with Gasteiger partial charge in [0.1, 0.15) is 18.2 Å². The fourth-order valence-corrected chi connectivity index (χ4v) is 2.87. The number of nitro groups is 1. The van der Waals surface area contributed by atoms with Crippen LogP contribution < -0.4 is 4.74 Å². The Labute approximate surface area is 155 Å². The zero-order valence-electron chi connectivity index (χ0n) is 14.7. The van der Waals surface area contributed by atoms with Crippen LogP contribution >= 0.6 is 0 Å². The number of aryl methyl sites for hydroxylation is 1. The maximum atomic E-state index is 10.7. The van der Waals surface area contributed by atoms with Crippen LogP contribution in [0.4, 0.5) is 5.69 Å². The van der Waals surface area contributed by atoms with E-state index in [-0.39, 0.29) is 5.69 Å². The second kappa shape index (κ2) is 6.92. The number of H-pyrrole nitrogens is 1. The predicted octanol–water partition coefficient (Wildman–Crippen LogP) is 5.03. The van der Waals surface area contributed by atoms with Crippen molar-refractivity contribution < 1.29 is 9.66 Å². The molecule has 1 heterocycles. The van der Waals surface area contributed by atoms with Gasteiger partial charge in [0.2, 0.25) is 0 Å². The van der Waals surface area contributed by atoms with Gasteiger partial charge in [-0.15, -0.1) is 0 Å². The minimum atomic E-state index is -0.414. The normalized spacial score (nSPS) is 10.9. The number of nitrogens with zero attached hydrogens (tertiary/aromatic N) is 2. The number of aromatic nitrogens is 2. The summed E-state index contributed by atoms with van der Waals surface area (Å²) in [5.74, 6) is 1.50. The number of aromatic amines is 1. The Morgan fingerprint density at radius 1 is 1.07 bits per heavy atom. The maximum Gasteiger partial charge on any atom is 0.269 e. The first-order valence-corrected chi connectivity index (χ1v) is 8.51. The second-order valence-electron chi connectivity index (χ2n) is 6.35. The number of imidazole rings is 1. The third-order valence-electron chi connectivity index (χ3n) is 4.30. The summed E-state index contributed by atoms with van der Waals surface area (Å²) in [6.07, 6.45) is 0. The average Bonchev–Trinajstić information content (AvgIpc) is 3.10. The number of non-ortho nitro benzene ring substituents is 1. The molecule has 0 aliphatic heterocycles. The Hall–Kier alpha value is -3.67. The van der Waals surface area contributed by atoms with Gasteiger partial charge in [-0.1, -0.05) is 18.2 Å². The number of benzene rings is 3. The van der Waals surface area contributed by atoms with E-state index in [0.29, 0.717) is 12.4 Å². The van der Waals surface area contributed by atoms with Gasteiger partial charge in [0.05, 0.1) is 16.0 Å². The van der Waals surface area contributed by atoms with E-state index in [4.69, 9.17) is 4.74 Å². The zero-order valence-corrected chi connectivity index (χ0v) is 14.7. The fraction of sp³-hybridized carbons (Fsp3) is 0.0952. The van der Waals surface area contributed by atoms with Crippen molar-refractivity contribution >= 4 is 16.7 Å². The van der Waals surface area contributed by atoms with Crippen LogP contribution in [0.5, 0.6) is 5.75 Å². The number of hydrogen-bond donors (Lipinski definition) is 1. The quantitative estimate of drug-likeness (QED) is 0.400. The summed E-state index contributed by atoms with van der Waals surface area (Å²) in [4.78, 5) is 18.3. The molecule has 0 saturated heterocycles. The molecule has 0 bridgehead atoms. The van der Waals surface area contributed by atoms with Gasteiger partial charge < -0.3 is 9.72 Å². The smallest absolute Gasteiger partial charge is 0.269 e. The monoisotopic (exact) mass is 359 g/mol. The molecule has 0 amide bonds. The van der Waals surface area contributed by atoms with E-state index in [2.05, 4.69) is 16.0 Å². The van der Waals surface area contributed by atoms with Crippen LogP contribution in [-0.4, -0.2) is 14.9 Å². The highest BCUT2D eigenvalue weighted by Crippen LogP contribution is 2.25. The molecule has 0 spiro atoms. The van der Waals surface area contributed by atoms with Gasteiger partial charge in [-0.2, -0.15) is 0 Å². The van der Waals surface area contributed by atoms with Crippen molar-refractivity contribution in [3.8, 4) is 17.1 Å². The number of fused-ring (bicyclic) bond motifs is 1. The van der Waals surface area contributed by atoms with Crippen molar-refractivity contribution in [1.82, 2.24) is 9.97 Å². The highest BCUT2D eigenvalue weighted by molar-refractivity contribution is 5.80. The highest BCUT2D eigenvalue weighted by atomic mass is 16.6. The van der Waals surface area contributed by atoms with Crippen molar-refractivity contribution in [3.05, 3.63) is 88.0 Å². The lowest BCUT2D eigenvalue weighted by molar-refractivity contribution is -0.384. The van der Waals surface area contributed by atoms with Crippen LogP contribution in [-0.2, 0) is 6.61 Å². The van der Waals surface area contributed by atoms with Crippen molar-refractivity contribution in [2.45, 2.75) is 13.5 Å². The molecule has 0 unspecified atom stereocenters. The molecular weight excluding hydrogens is 342 g/mol. The number of rotatable bonds is 5. The van der Waals surface area contributed by atoms with Crippen LogP contribution in [0.2, 0.25) is 0 Å². The van der Waals surface area contributed by atoms with E-state index < -0.39 is 4.92 Å². The summed E-state index contributed by atoms with van der Waals surface area (Å²) in [7, 11) is 0. The van der Waals surface area contributed by atoms with Gasteiger partial charge in [-0.3, -0.25) is 10.1 Å². The molecule has 0 saturated carbocycles. The van der Waals surface area contributed by atoms with Crippen LogP contribution in [0, 0.1) is 17.0 Å². The Kier molecular flexibility index (Phi) is 4.30. The summed E-state index contributed by atoms with van der Waals surface area (Å²) >= 11 is 0. The zero-order chi connectivity index (χ0) is 18.8. The van der Waals surface area contributed by atoms with Crippen molar-refractivity contribution in [1.29, 1.82) is 0 Å². The largest absolute Gasteiger partial charge is 0.489 e. The number of ether oxygens (including phenoxy) is 1. The predicted molar refractivity (Wildman–Crippen MR) is 104 cm³/mol. The molecule has 6 nitrogen and oxygen atoms in total. The molecule has 0 fully saturated rings. The molecule has 1 N–H and O–H groups in total. The lowest BCUT2D eigenvalue weighted by Gasteiger charge is -2.07. The standard InChI is InChI=1S/C21H17N3O3/c1-14-5-10-19-20(11-14)23-21(22-19)16-3-2-4-18(12-16)27-13-15-6-8-17(9-7-15)24(25)26/h2-12H,13H2,1H3,(H,22,23). The Balaban J connectivity index is 1.52. The van der Waals surface area contributed by atoms with Gasteiger partial charge in [-0.05, 0) is 54.4 Å². The van der Waals surface area contributed by atoms with Crippen LogP contribution in [0.15, 0.2) is 66.7 Å². The molecule has 0 aliphatic carbocycles. The number of nitro benzene ring substituents is 1. The lowest BCUT2D eigenvalue weighted by Crippen LogP contribution is -1.96.